The second-order valence-corrected chi connectivity index (χ2v) is 8.60. The van der Waals surface area contributed by atoms with Crippen LogP contribution in [0.15, 0.2) is 104 Å². The fourth-order valence-electron chi connectivity index (χ4n) is 4.19. The van der Waals surface area contributed by atoms with Gasteiger partial charge in [0.1, 0.15) is 17.3 Å². The molecule has 0 aliphatic rings. The van der Waals surface area contributed by atoms with Gasteiger partial charge in [0.05, 0.1) is 11.9 Å². The highest BCUT2D eigenvalue weighted by atomic mass is 19.1. The molecule has 0 radical (unpaired) electrons. The summed E-state index contributed by atoms with van der Waals surface area (Å²) in [5.41, 5.74) is 3.93. The Labute approximate surface area is 223 Å². The predicted octanol–water partition coefficient (Wildman–Crippen LogP) is 6.87. The molecule has 0 aliphatic heterocycles. The van der Waals surface area contributed by atoms with Gasteiger partial charge in [-0.25, -0.2) is 19.3 Å². The number of nitrogens with zero attached hydrogens (tertiary/aromatic N) is 5. The zero-order valence-corrected chi connectivity index (χ0v) is 20.8. The molecule has 4 aromatic heterocycles. The van der Waals surface area contributed by atoms with Crippen LogP contribution < -0.4 is 15.4 Å². The molecule has 0 fully saturated rings. The molecule has 0 bridgehead atoms. The third kappa shape index (κ3) is 5.05. The summed E-state index contributed by atoms with van der Waals surface area (Å²) in [6.07, 6.45) is 5.07. The number of anilines is 3. The summed E-state index contributed by atoms with van der Waals surface area (Å²) in [5.74, 6) is 1.86. The molecule has 0 aliphatic carbocycles. The second-order valence-electron chi connectivity index (χ2n) is 8.60. The van der Waals surface area contributed by atoms with E-state index >= 15 is 0 Å². The van der Waals surface area contributed by atoms with Gasteiger partial charge in [-0.1, -0.05) is 24.3 Å². The van der Waals surface area contributed by atoms with Crippen LogP contribution in [0.5, 0.6) is 11.8 Å². The lowest BCUT2D eigenvalue weighted by Gasteiger charge is -2.12. The van der Waals surface area contributed by atoms with Gasteiger partial charge in [-0.2, -0.15) is 0 Å². The van der Waals surface area contributed by atoms with E-state index in [0.29, 0.717) is 29.0 Å². The van der Waals surface area contributed by atoms with E-state index < -0.39 is 0 Å². The fraction of sp³-hybridized carbons (Fsp3) is 0.0333. The van der Waals surface area contributed by atoms with Crippen LogP contribution in [-0.2, 0) is 0 Å². The van der Waals surface area contributed by atoms with E-state index in [2.05, 4.69) is 35.8 Å². The first kappa shape index (κ1) is 23.9. The summed E-state index contributed by atoms with van der Waals surface area (Å²) in [6, 6.07) is 25.3. The summed E-state index contributed by atoms with van der Waals surface area (Å²) >= 11 is 0. The molecule has 0 spiro atoms. The molecule has 9 heteroatoms. The first-order chi connectivity index (χ1) is 19.2. The van der Waals surface area contributed by atoms with Crippen LogP contribution in [0.4, 0.5) is 21.7 Å². The SMILES string of the molecule is CNc1cc(-c2cccnc2Oc2ccc(Nc3nnc(-c4ccc(F)cc4)c4ccccc34)cn2)ccn1. The van der Waals surface area contributed by atoms with E-state index in [4.69, 9.17) is 4.74 Å². The van der Waals surface area contributed by atoms with Gasteiger partial charge < -0.3 is 15.4 Å². The maximum Gasteiger partial charge on any atom is 0.229 e. The van der Waals surface area contributed by atoms with E-state index in [1.165, 1.54) is 12.1 Å². The van der Waals surface area contributed by atoms with Crippen molar-refractivity contribution >= 4 is 28.1 Å². The Bertz CT molecular complexity index is 1760. The van der Waals surface area contributed by atoms with Gasteiger partial charge in [0.25, 0.3) is 0 Å². The summed E-state index contributed by atoms with van der Waals surface area (Å²) in [6.45, 7) is 0. The molecule has 0 atom stereocenters. The largest absolute Gasteiger partial charge is 0.420 e. The predicted molar refractivity (Wildman–Crippen MR) is 150 cm³/mol. The molecule has 0 unspecified atom stereocenters. The number of pyridine rings is 3. The van der Waals surface area contributed by atoms with Crippen LogP contribution in [-0.4, -0.2) is 32.2 Å². The number of ether oxygens (including phenoxy) is 1. The molecule has 2 N–H and O–H groups in total. The van der Waals surface area contributed by atoms with Crippen molar-refractivity contribution in [1.29, 1.82) is 0 Å². The summed E-state index contributed by atoms with van der Waals surface area (Å²) in [4.78, 5) is 13.1. The number of aromatic nitrogens is 5. The second kappa shape index (κ2) is 10.5. The van der Waals surface area contributed by atoms with Crippen molar-refractivity contribution in [2.75, 3.05) is 17.7 Å². The third-order valence-corrected chi connectivity index (χ3v) is 6.10. The molecule has 4 heterocycles. The average molecular weight is 516 g/mol. The van der Waals surface area contributed by atoms with Crippen molar-refractivity contribution in [3.8, 4) is 34.1 Å². The highest BCUT2D eigenvalue weighted by Gasteiger charge is 2.13. The first-order valence-electron chi connectivity index (χ1n) is 12.2. The molecule has 6 rings (SSSR count). The molecular weight excluding hydrogens is 493 g/mol. The van der Waals surface area contributed by atoms with E-state index in [-0.39, 0.29) is 5.82 Å². The molecule has 6 aromatic rings. The monoisotopic (exact) mass is 515 g/mol. The minimum absolute atomic E-state index is 0.297. The van der Waals surface area contributed by atoms with Crippen molar-refractivity contribution < 1.29 is 9.13 Å². The average Bonchev–Trinajstić information content (AvgIpc) is 2.99. The summed E-state index contributed by atoms with van der Waals surface area (Å²) < 4.78 is 19.5. The van der Waals surface area contributed by atoms with Crippen LogP contribution >= 0.6 is 0 Å². The van der Waals surface area contributed by atoms with E-state index in [1.807, 2.05) is 61.6 Å². The minimum Gasteiger partial charge on any atom is -0.420 e. The number of nitrogens with one attached hydrogen (secondary N) is 2. The molecule has 2 aromatic carbocycles. The number of fused-ring (bicyclic) bond motifs is 1. The Kier molecular flexibility index (Phi) is 6.45. The Balaban J connectivity index is 1.25. The highest BCUT2D eigenvalue weighted by molar-refractivity contribution is 6.00. The molecule has 0 saturated carbocycles. The smallest absolute Gasteiger partial charge is 0.229 e. The van der Waals surface area contributed by atoms with Crippen LogP contribution in [0.25, 0.3) is 33.2 Å². The van der Waals surface area contributed by atoms with Gasteiger partial charge in [0, 0.05) is 47.4 Å². The molecule has 39 heavy (non-hydrogen) atoms. The van der Waals surface area contributed by atoms with Crippen molar-refractivity contribution in [2.24, 2.45) is 0 Å². The van der Waals surface area contributed by atoms with Gasteiger partial charge in [-0.05, 0) is 60.2 Å². The Morgan fingerprint density at radius 2 is 1.59 bits per heavy atom. The number of hydrogen-bond acceptors (Lipinski definition) is 8. The van der Waals surface area contributed by atoms with E-state index in [0.717, 1.165) is 33.3 Å². The normalized spacial score (nSPS) is 10.8. The van der Waals surface area contributed by atoms with E-state index in [1.54, 1.807) is 36.8 Å². The number of benzene rings is 2. The van der Waals surface area contributed by atoms with Crippen molar-refractivity contribution in [1.82, 2.24) is 25.1 Å². The number of halogens is 1. The first-order valence-corrected chi connectivity index (χ1v) is 12.2. The van der Waals surface area contributed by atoms with Gasteiger partial charge >= 0.3 is 0 Å². The molecule has 190 valence electrons. The van der Waals surface area contributed by atoms with Gasteiger partial charge in [0.2, 0.25) is 11.8 Å². The topological polar surface area (TPSA) is 97.7 Å². The number of hydrogen-bond donors (Lipinski definition) is 2. The Hall–Kier alpha value is -5.44. The van der Waals surface area contributed by atoms with Crippen LogP contribution in [0.3, 0.4) is 0 Å². The maximum atomic E-state index is 13.4. The van der Waals surface area contributed by atoms with Crippen LogP contribution in [0.2, 0.25) is 0 Å². The molecule has 0 amide bonds. The minimum atomic E-state index is -0.297. The van der Waals surface area contributed by atoms with Crippen molar-refractivity contribution in [3.63, 3.8) is 0 Å². The lowest BCUT2D eigenvalue weighted by atomic mass is 10.0. The van der Waals surface area contributed by atoms with Gasteiger partial charge in [-0.3, -0.25) is 0 Å². The van der Waals surface area contributed by atoms with Crippen molar-refractivity contribution in [3.05, 3.63) is 109 Å². The van der Waals surface area contributed by atoms with Gasteiger partial charge in [-0.15, -0.1) is 10.2 Å². The molecule has 8 nitrogen and oxygen atoms in total. The van der Waals surface area contributed by atoms with Gasteiger partial charge in [0.15, 0.2) is 5.82 Å². The standard InChI is InChI=1S/C30H22FN7O/c1-32-26-17-20(14-16-33-26)23-7-4-15-34-30(23)39-27-13-12-22(18-35-27)36-29-25-6-3-2-5-24(25)28(37-38-29)19-8-10-21(31)11-9-19/h2-18H,1H3,(H,32,33)(H,36,38). The summed E-state index contributed by atoms with van der Waals surface area (Å²) in [7, 11) is 1.82. The highest BCUT2D eigenvalue weighted by Crippen LogP contribution is 2.33. The third-order valence-electron chi connectivity index (χ3n) is 6.10. The molecular formula is C30H22FN7O. The Morgan fingerprint density at radius 1 is 0.744 bits per heavy atom. The van der Waals surface area contributed by atoms with Crippen molar-refractivity contribution in [2.45, 2.75) is 0 Å². The number of rotatable bonds is 7. The molecule has 0 saturated heterocycles. The lowest BCUT2D eigenvalue weighted by molar-refractivity contribution is 0.447. The quantitative estimate of drug-likeness (QED) is 0.238. The Morgan fingerprint density at radius 3 is 2.38 bits per heavy atom. The fourth-order valence-corrected chi connectivity index (χ4v) is 4.19. The lowest BCUT2D eigenvalue weighted by Crippen LogP contribution is -2.00. The van der Waals surface area contributed by atoms with E-state index in [9.17, 15) is 4.39 Å². The summed E-state index contributed by atoms with van der Waals surface area (Å²) in [5, 5.41) is 17.0. The zero-order chi connectivity index (χ0) is 26.6. The van der Waals surface area contributed by atoms with Crippen LogP contribution in [0.1, 0.15) is 0 Å². The van der Waals surface area contributed by atoms with Crippen LogP contribution in [0, 0.1) is 5.82 Å². The zero-order valence-electron chi connectivity index (χ0n) is 20.8. The maximum absolute atomic E-state index is 13.4.